The normalized spacial score (nSPS) is 19.5. The molecule has 166 valence electrons. The summed E-state index contributed by atoms with van der Waals surface area (Å²) < 4.78 is 3.85. The van der Waals surface area contributed by atoms with Gasteiger partial charge in [0, 0.05) is 12.1 Å². The molecular formula is C25H27N3O4. The number of aromatic nitrogens is 2. The maximum atomic E-state index is 13.6. The fourth-order valence-corrected chi connectivity index (χ4v) is 5.29. The minimum atomic E-state index is -0.980. The van der Waals surface area contributed by atoms with Crippen molar-refractivity contribution in [2.75, 3.05) is 6.54 Å². The third kappa shape index (κ3) is 3.42. The Morgan fingerprint density at radius 2 is 1.66 bits per heavy atom. The zero-order valence-electron chi connectivity index (χ0n) is 17.9. The second-order valence-electron chi connectivity index (χ2n) is 8.82. The van der Waals surface area contributed by atoms with Gasteiger partial charge in [0.1, 0.15) is 6.04 Å². The average Bonchev–Trinajstić information content (AvgIpc) is 3.43. The van der Waals surface area contributed by atoms with Gasteiger partial charge in [0.2, 0.25) is 0 Å². The number of hydrogen-bond donors (Lipinski definition) is 1. The first kappa shape index (κ1) is 20.5. The van der Waals surface area contributed by atoms with E-state index in [1.165, 1.54) is 11.3 Å². The van der Waals surface area contributed by atoms with Crippen molar-refractivity contribution < 1.29 is 14.7 Å². The highest BCUT2D eigenvalue weighted by Crippen LogP contribution is 2.32. The molecule has 1 saturated heterocycles. The number of aliphatic carboxylic acids is 1. The highest BCUT2D eigenvalue weighted by atomic mass is 16.4. The number of carboxylic acid groups (broad SMARTS) is 1. The molecule has 2 aliphatic rings. The lowest BCUT2D eigenvalue weighted by Crippen LogP contribution is -2.40. The van der Waals surface area contributed by atoms with Gasteiger partial charge in [-0.05, 0) is 56.0 Å². The molecule has 2 aromatic carbocycles. The highest BCUT2D eigenvalue weighted by molar-refractivity contribution is 6.00. The van der Waals surface area contributed by atoms with E-state index in [1.54, 1.807) is 16.8 Å². The molecule has 3 aromatic rings. The van der Waals surface area contributed by atoms with Crippen molar-refractivity contribution in [1.29, 1.82) is 0 Å². The van der Waals surface area contributed by atoms with Crippen LogP contribution in [0.15, 0.2) is 53.3 Å². The molecule has 7 heteroatoms. The minimum Gasteiger partial charge on any atom is -0.480 e. The summed E-state index contributed by atoms with van der Waals surface area (Å²) >= 11 is 0. The number of amides is 1. The Balaban J connectivity index is 1.64. The van der Waals surface area contributed by atoms with Crippen LogP contribution in [0.4, 0.5) is 0 Å². The van der Waals surface area contributed by atoms with Crippen LogP contribution in [0.2, 0.25) is 0 Å². The predicted molar refractivity (Wildman–Crippen MR) is 121 cm³/mol. The SMILES string of the molecule is O=C(O)[C@@H]1CCCN1C(=O)c1ccc2c(c1)c(=O)n(-c1ccccc1)n2C1CCCCC1. The maximum absolute atomic E-state index is 13.6. The molecule has 5 rings (SSSR count). The lowest BCUT2D eigenvalue weighted by molar-refractivity contribution is -0.141. The van der Waals surface area contributed by atoms with Crippen molar-refractivity contribution in [3.8, 4) is 5.69 Å². The summed E-state index contributed by atoms with van der Waals surface area (Å²) in [6, 6.07) is 14.3. The smallest absolute Gasteiger partial charge is 0.326 e. The van der Waals surface area contributed by atoms with E-state index >= 15 is 0 Å². The number of carbonyl (C=O) groups is 2. The lowest BCUT2D eigenvalue weighted by atomic mass is 9.95. The molecule has 1 aliphatic heterocycles. The van der Waals surface area contributed by atoms with E-state index in [0.29, 0.717) is 30.3 Å². The fraction of sp³-hybridized carbons (Fsp3) is 0.400. The molecule has 0 unspecified atom stereocenters. The third-order valence-corrected chi connectivity index (χ3v) is 6.85. The number of nitrogens with zero attached hydrogens (tertiary/aromatic N) is 3. The zero-order chi connectivity index (χ0) is 22.2. The van der Waals surface area contributed by atoms with Crippen LogP contribution in [0.1, 0.15) is 61.3 Å². The summed E-state index contributed by atoms with van der Waals surface area (Å²) in [4.78, 5) is 39.7. The van der Waals surface area contributed by atoms with Crippen LogP contribution in [-0.2, 0) is 4.79 Å². The van der Waals surface area contributed by atoms with E-state index in [2.05, 4.69) is 4.68 Å². The van der Waals surface area contributed by atoms with Gasteiger partial charge >= 0.3 is 5.97 Å². The predicted octanol–water partition coefficient (Wildman–Crippen LogP) is 3.99. The Morgan fingerprint density at radius 3 is 2.38 bits per heavy atom. The third-order valence-electron chi connectivity index (χ3n) is 6.85. The van der Waals surface area contributed by atoms with Gasteiger partial charge in [0.25, 0.3) is 11.5 Å². The molecular weight excluding hydrogens is 406 g/mol. The van der Waals surface area contributed by atoms with Crippen LogP contribution in [0.5, 0.6) is 0 Å². The van der Waals surface area contributed by atoms with Gasteiger partial charge in [-0.25, -0.2) is 9.48 Å². The van der Waals surface area contributed by atoms with Crippen LogP contribution < -0.4 is 5.56 Å². The van der Waals surface area contributed by atoms with E-state index in [1.807, 2.05) is 36.4 Å². The molecule has 1 aliphatic carbocycles. The van der Waals surface area contributed by atoms with Gasteiger partial charge < -0.3 is 10.0 Å². The molecule has 2 fully saturated rings. The Labute approximate surface area is 185 Å². The summed E-state index contributed by atoms with van der Waals surface area (Å²) in [5, 5.41) is 9.95. The van der Waals surface area contributed by atoms with Crippen molar-refractivity contribution >= 4 is 22.8 Å². The van der Waals surface area contributed by atoms with E-state index in [-0.39, 0.29) is 17.5 Å². The summed E-state index contributed by atoms with van der Waals surface area (Å²) in [5.41, 5.74) is 1.84. The molecule has 32 heavy (non-hydrogen) atoms. The molecule has 1 aromatic heterocycles. The summed E-state index contributed by atoms with van der Waals surface area (Å²) in [5.74, 6) is -1.31. The van der Waals surface area contributed by atoms with Crippen LogP contribution in [0, 0.1) is 0 Å². The number of carboxylic acids is 1. The number of carbonyl (C=O) groups excluding carboxylic acids is 1. The molecule has 0 radical (unpaired) electrons. The zero-order valence-corrected chi connectivity index (χ0v) is 17.9. The fourth-order valence-electron chi connectivity index (χ4n) is 5.29. The van der Waals surface area contributed by atoms with Gasteiger partial charge in [-0.15, -0.1) is 0 Å². The van der Waals surface area contributed by atoms with Gasteiger partial charge in [-0.1, -0.05) is 37.5 Å². The van der Waals surface area contributed by atoms with Crippen molar-refractivity contribution in [1.82, 2.24) is 14.3 Å². The van der Waals surface area contributed by atoms with E-state index in [4.69, 9.17) is 0 Å². The first-order valence-electron chi connectivity index (χ1n) is 11.4. The standard InChI is InChI=1S/C25H27N3O4/c29-23(26-15-7-12-22(26)25(31)32)17-13-14-21-20(16-17)24(30)28(19-10-5-2-6-11-19)27(21)18-8-3-1-4-9-18/h2,5-6,10-11,13-14,16,18,22H,1,3-4,7-9,12,15H2,(H,31,32)/t22-/m0/s1. The van der Waals surface area contributed by atoms with E-state index in [0.717, 1.165) is 36.9 Å². The Bertz CT molecular complexity index is 1220. The second-order valence-corrected chi connectivity index (χ2v) is 8.82. The Hall–Kier alpha value is -3.35. The lowest BCUT2D eigenvalue weighted by Gasteiger charge is -2.26. The Morgan fingerprint density at radius 1 is 0.906 bits per heavy atom. The van der Waals surface area contributed by atoms with Gasteiger partial charge in [-0.2, -0.15) is 0 Å². The van der Waals surface area contributed by atoms with Crippen molar-refractivity contribution in [3.63, 3.8) is 0 Å². The first-order valence-corrected chi connectivity index (χ1v) is 11.4. The first-order chi connectivity index (χ1) is 15.6. The monoisotopic (exact) mass is 433 g/mol. The summed E-state index contributed by atoms with van der Waals surface area (Å²) in [7, 11) is 0. The Kier molecular flexibility index (Phi) is 5.33. The molecule has 1 saturated carbocycles. The minimum absolute atomic E-state index is 0.150. The number of hydrogen-bond acceptors (Lipinski definition) is 3. The van der Waals surface area contributed by atoms with Crippen molar-refractivity contribution in [2.45, 2.75) is 57.0 Å². The number of rotatable bonds is 4. The maximum Gasteiger partial charge on any atom is 0.326 e. The quantitative estimate of drug-likeness (QED) is 0.674. The van der Waals surface area contributed by atoms with Crippen LogP contribution in [-0.4, -0.2) is 43.8 Å². The second kappa shape index (κ2) is 8.30. The topological polar surface area (TPSA) is 84.5 Å². The van der Waals surface area contributed by atoms with Crippen LogP contribution in [0.25, 0.3) is 16.6 Å². The molecule has 7 nitrogen and oxygen atoms in total. The summed E-state index contributed by atoms with van der Waals surface area (Å²) in [6.07, 6.45) is 6.65. The molecule has 1 atom stereocenters. The number of benzene rings is 2. The highest BCUT2D eigenvalue weighted by Gasteiger charge is 2.35. The van der Waals surface area contributed by atoms with Crippen LogP contribution in [0.3, 0.4) is 0 Å². The number of fused-ring (bicyclic) bond motifs is 1. The van der Waals surface area contributed by atoms with Crippen LogP contribution >= 0.6 is 0 Å². The van der Waals surface area contributed by atoms with E-state index in [9.17, 15) is 19.5 Å². The number of para-hydroxylation sites is 1. The van der Waals surface area contributed by atoms with Gasteiger partial charge in [0.15, 0.2) is 0 Å². The molecule has 1 amide bonds. The molecule has 2 heterocycles. The molecule has 0 spiro atoms. The molecule has 0 bridgehead atoms. The van der Waals surface area contributed by atoms with Gasteiger partial charge in [-0.3, -0.25) is 14.3 Å². The number of likely N-dealkylation sites (tertiary alicyclic amines) is 1. The van der Waals surface area contributed by atoms with Crippen molar-refractivity contribution in [2.24, 2.45) is 0 Å². The van der Waals surface area contributed by atoms with Crippen molar-refractivity contribution in [3.05, 3.63) is 64.4 Å². The van der Waals surface area contributed by atoms with E-state index < -0.39 is 12.0 Å². The summed E-state index contributed by atoms with van der Waals surface area (Å²) in [6.45, 7) is 0.422. The largest absolute Gasteiger partial charge is 0.480 e. The molecule has 1 N–H and O–H groups in total. The average molecular weight is 434 g/mol. The van der Waals surface area contributed by atoms with Gasteiger partial charge in [0.05, 0.1) is 22.6 Å².